The van der Waals surface area contributed by atoms with Crippen LogP contribution in [-0.4, -0.2) is 21.9 Å². The van der Waals surface area contributed by atoms with Crippen LogP contribution in [0, 0.1) is 0 Å². The lowest BCUT2D eigenvalue weighted by Gasteiger charge is -2.06. The Morgan fingerprint density at radius 2 is 2.33 bits per heavy atom. The summed E-state index contributed by atoms with van der Waals surface area (Å²) in [7, 11) is 1.54. The van der Waals surface area contributed by atoms with Gasteiger partial charge in [0.05, 0.1) is 18.5 Å². The molecule has 78 valence electrons. The zero-order valence-corrected chi connectivity index (χ0v) is 8.10. The minimum Gasteiger partial charge on any atom is -0.495 e. The van der Waals surface area contributed by atoms with Gasteiger partial charge in [0, 0.05) is 0 Å². The van der Waals surface area contributed by atoms with Gasteiger partial charge in [0.25, 0.3) is 0 Å². The van der Waals surface area contributed by atoms with Crippen molar-refractivity contribution >= 4 is 5.69 Å². The normalized spacial score (nSPS) is 10.2. The predicted octanol–water partition coefficient (Wildman–Crippen LogP) is 0.151. The van der Waals surface area contributed by atoms with Gasteiger partial charge in [0.2, 0.25) is 0 Å². The molecule has 6 nitrogen and oxygen atoms in total. The van der Waals surface area contributed by atoms with E-state index < -0.39 is 0 Å². The van der Waals surface area contributed by atoms with Crippen LogP contribution in [0.3, 0.4) is 0 Å². The van der Waals surface area contributed by atoms with Gasteiger partial charge in [-0.1, -0.05) is 0 Å². The van der Waals surface area contributed by atoms with E-state index in [0.29, 0.717) is 17.1 Å². The van der Waals surface area contributed by atoms with Crippen molar-refractivity contribution in [3.05, 3.63) is 35.0 Å². The van der Waals surface area contributed by atoms with Crippen LogP contribution in [0.2, 0.25) is 0 Å². The number of nitrogens with one attached hydrogen (secondary N) is 1. The van der Waals surface area contributed by atoms with Gasteiger partial charge in [-0.05, 0) is 18.2 Å². The summed E-state index contributed by atoms with van der Waals surface area (Å²) in [6.07, 6.45) is 1.39. The Morgan fingerprint density at radius 3 is 2.87 bits per heavy atom. The second kappa shape index (κ2) is 3.49. The van der Waals surface area contributed by atoms with E-state index >= 15 is 0 Å². The first-order chi connectivity index (χ1) is 7.22. The molecule has 0 aliphatic rings. The first-order valence-electron chi connectivity index (χ1n) is 4.28. The van der Waals surface area contributed by atoms with E-state index in [2.05, 4.69) is 10.2 Å². The van der Waals surface area contributed by atoms with Gasteiger partial charge < -0.3 is 10.5 Å². The molecule has 2 rings (SSSR count). The van der Waals surface area contributed by atoms with Crippen molar-refractivity contribution in [1.82, 2.24) is 14.8 Å². The molecule has 0 atom stereocenters. The molecule has 1 aromatic heterocycles. The largest absolute Gasteiger partial charge is 0.495 e. The number of hydrogen-bond acceptors (Lipinski definition) is 4. The Kier molecular flexibility index (Phi) is 2.17. The van der Waals surface area contributed by atoms with Gasteiger partial charge in [-0.15, -0.1) is 0 Å². The number of nitrogens with two attached hydrogens (primary N) is 1. The van der Waals surface area contributed by atoms with Crippen molar-refractivity contribution in [2.45, 2.75) is 0 Å². The van der Waals surface area contributed by atoms with E-state index in [9.17, 15) is 4.79 Å². The summed E-state index contributed by atoms with van der Waals surface area (Å²) >= 11 is 0. The molecule has 0 aliphatic carbocycles. The van der Waals surface area contributed by atoms with Crippen LogP contribution >= 0.6 is 0 Å². The van der Waals surface area contributed by atoms with Crippen molar-refractivity contribution < 1.29 is 4.74 Å². The number of anilines is 1. The van der Waals surface area contributed by atoms with Crippen molar-refractivity contribution in [2.24, 2.45) is 0 Å². The molecule has 0 unspecified atom stereocenters. The minimum atomic E-state index is -0.306. The zero-order valence-electron chi connectivity index (χ0n) is 8.10. The molecule has 0 bridgehead atoms. The van der Waals surface area contributed by atoms with Crippen molar-refractivity contribution in [3.8, 4) is 11.4 Å². The van der Waals surface area contributed by atoms with Crippen LogP contribution in [0.4, 0.5) is 5.69 Å². The lowest BCUT2D eigenvalue weighted by Crippen LogP contribution is -2.14. The summed E-state index contributed by atoms with van der Waals surface area (Å²) in [5.41, 5.74) is 6.53. The topological polar surface area (TPSA) is 85.9 Å². The fourth-order valence-corrected chi connectivity index (χ4v) is 1.30. The third kappa shape index (κ3) is 1.56. The third-order valence-corrected chi connectivity index (χ3v) is 2.04. The lowest BCUT2D eigenvalue weighted by atomic mass is 10.2. The minimum absolute atomic E-state index is 0.306. The summed E-state index contributed by atoms with van der Waals surface area (Å²) < 4.78 is 6.37. The maximum absolute atomic E-state index is 11.3. The quantitative estimate of drug-likeness (QED) is 0.685. The molecule has 15 heavy (non-hydrogen) atoms. The summed E-state index contributed by atoms with van der Waals surface area (Å²) in [4.78, 5) is 11.3. The molecule has 3 N–H and O–H groups in total. The number of H-pyrrole nitrogens is 1. The molecule has 0 saturated heterocycles. The fourth-order valence-electron chi connectivity index (χ4n) is 1.30. The van der Waals surface area contributed by atoms with E-state index in [1.165, 1.54) is 18.0 Å². The number of methoxy groups -OCH3 is 1. The smallest absolute Gasteiger partial charge is 0.347 e. The van der Waals surface area contributed by atoms with Crippen molar-refractivity contribution in [3.63, 3.8) is 0 Å². The molecule has 6 heteroatoms. The van der Waals surface area contributed by atoms with Crippen LogP contribution < -0.4 is 16.2 Å². The molecule has 0 spiro atoms. The van der Waals surface area contributed by atoms with Crippen molar-refractivity contribution in [1.29, 1.82) is 0 Å². The molecule has 1 aromatic carbocycles. The molecule has 0 saturated carbocycles. The highest BCUT2D eigenvalue weighted by atomic mass is 16.5. The molecular weight excluding hydrogens is 196 g/mol. The molecular formula is C9H10N4O2. The fraction of sp³-hybridized carbons (Fsp3) is 0.111. The van der Waals surface area contributed by atoms with E-state index in [4.69, 9.17) is 10.5 Å². The molecule has 0 fully saturated rings. The van der Waals surface area contributed by atoms with Gasteiger partial charge in [-0.25, -0.2) is 14.5 Å². The van der Waals surface area contributed by atoms with Crippen LogP contribution in [-0.2, 0) is 0 Å². The highest BCUT2D eigenvalue weighted by molar-refractivity contribution is 5.58. The van der Waals surface area contributed by atoms with E-state index in [-0.39, 0.29) is 5.69 Å². The maximum atomic E-state index is 11.3. The number of aromatic amines is 1. The van der Waals surface area contributed by atoms with E-state index in [1.54, 1.807) is 18.2 Å². The molecule has 0 radical (unpaired) electrons. The lowest BCUT2D eigenvalue weighted by molar-refractivity contribution is 0.417. The Hall–Kier alpha value is -2.24. The Morgan fingerprint density at radius 1 is 1.53 bits per heavy atom. The maximum Gasteiger partial charge on any atom is 0.347 e. The Balaban J connectivity index is 2.52. The SMILES string of the molecule is COc1ccc(-n2cn[nH]c2=O)cc1N. The van der Waals surface area contributed by atoms with Crippen LogP contribution in [0.25, 0.3) is 5.69 Å². The number of hydrogen-bond donors (Lipinski definition) is 2. The Labute approximate surface area is 85.3 Å². The molecule has 0 aliphatic heterocycles. The van der Waals surface area contributed by atoms with Gasteiger partial charge in [-0.2, -0.15) is 5.10 Å². The highest BCUT2D eigenvalue weighted by Crippen LogP contribution is 2.22. The predicted molar refractivity (Wildman–Crippen MR) is 55.1 cm³/mol. The number of nitrogens with zero attached hydrogens (tertiary/aromatic N) is 2. The number of rotatable bonds is 2. The standard InChI is InChI=1S/C9H10N4O2/c1-15-8-3-2-6(4-7(8)10)13-5-11-12-9(13)14/h2-5H,10H2,1H3,(H,12,14). The van der Waals surface area contributed by atoms with Crippen LogP contribution in [0.5, 0.6) is 5.75 Å². The summed E-state index contributed by atoms with van der Waals surface area (Å²) in [6.45, 7) is 0. The van der Waals surface area contributed by atoms with Gasteiger partial charge >= 0.3 is 5.69 Å². The average molecular weight is 206 g/mol. The average Bonchev–Trinajstić information content (AvgIpc) is 2.64. The van der Waals surface area contributed by atoms with Crippen LogP contribution in [0.1, 0.15) is 0 Å². The third-order valence-electron chi connectivity index (χ3n) is 2.04. The van der Waals surface area contributed by atoms with Gasteiger partial charge in [-0.3, -0.25) is 0 Å². The van der Waals surface area contributed by atoms with Crippen molar-refractivity contribution in [2.75, 3.05) is 12.8 Å². The van der Waals surface area contributed by atoms with Gasteiger partial charge in [0.15, 0.2) is 0 Å². The highest BCUT2D eigenvalue weighted by Gasteiger charge is 2.04. The number of nitrogen functional groups attached to an aromatic ring is 1. The second-order valence-electron chi connectivity index (χ2n) is 2.96. The summed E-state index contributed by atoms with van der Waals surface area (Å²) in [6, 6.07) is 5.08. The Bertz CT molecular complexity index is 529. The van der Waals surface area contributed by atoms with E-state index in [1.807, 2.05) is 0 Å². The second-order valence-corrected chi connectivity index (χ2v) is 2.96. The molecule has 1 heterocycles. The molecule has 0 amide bonds. The summed E-state index contributed by atoms with van der Waals surface area (Å²) in [5.74, 6) is 0.579. The first-order valence-corrected chi connectivity index (χ1v) is 4.28. The molecule has 2 aromatic rings. The van der Waals surface area contributed by atoms with Gasteiger partial charge in [0.1, 0.15) is 12.1 Å². The number of ether oxygens (including phenoxy) is 1. The summed E-state index contributed by atoms with van der Waals surface area (Å²) in [5, 5.41) is 5.92. The zero-order chi connectivity index (χ0) is 10.8. The van der Waals surface area contributed by atoms with Crippen LogP contribution in [0.15, 0.2) is 29.3 Å². The number of aromatic nitrogens is 3. The first kappa shape index (κ1) is 9.32. The number of benzene rings is 1. The monoisotopic (exact) mass is 206 g/mol. The van der Waals surface area contributed by atoms with E-state index in [0.717, 1.165) is 0 Å².